The van der Waals surface area contributed by atoms with Crippen LogP contribution in [0.4, 0.5) is 0 Å². The van der Waals surface area contributed by atoms with E-state index >= 15 is 0 Å². The van der Waals surface area contributed by atoms with Crippen LogP contribution in [0.5, 0.6) is 0 Å². The van der Waals surface area contributed by atoms with Gasteiger partial charge in [0.25, 0.3) is 5.22 Å². The summed E-state index contributed by atoms with van der Waals surface area (Å²) in [5.74, 6) is 0.712. The van der Waals surface area contributed by atoms with Gasteiger partial charge in [0.05, 0.1) is 11.8 Å². The second-order valence-corrected chi connectivity index (χ2v) is 7.49. The van der Waals surface area contributed by atoms with Crippen molar-refractivity contribution in [2.45, 2.75) is 68.5 Å². The van der Waals surface area contributed by atoms with Crippen LogP contribution in [0.25, 0.3) is 0 Å². The first-order chi connectivity index (χ1) is 10.7. The second kappa shape index (κ2) is 7.46. The van der Waals surface area contributed by atoms with Crippen LogP contribution >= 0.6 is 11.8 Å². The van der Waals surface area contributed by atoms with Crippen molar-refractivity contribution < 1.29 is 9.21 Å². The molecule has 7 heteroatoms. The van der Waals surface area contributed by atoms with Crippen LogP contribution in [0.1, 0.15) is 51.3 Å². The van der Waals surface area contributed by atoms with Crippen LogP contribution in [-0.4, -0.2) is 45.4 Å². The Bertz CT molecular complexity index is 495. The molecule has 1 N–H and O–H groups in total. The highest BCUT2D eigenvalue weighted by molar-refractivity contribution is 8.00. The number of hydrogen-bond donors (Lipinski definition) is 1. The summed E-state index contributed by atoms with van der Waals surface area (Å²) in [6, 6.07) is 0.351. The Hall–Kier alpha value is -1.08. The zero-order chi connectivity index (χ0) is 15.4. The van der Waals surface area contributed by atoms with E-state index in [1.807, 2.05) is 6.92 Å². The van der Waals surface area contributed by atoms with E-state index in [1.165, 1.54) is 37.4 Å². The SMILES string of the molecule is C[C@H](Sc1nnc(CN2CCCC2)o1)C(=O)NC1CCCC1. The van der Waals surface area contributed by atoms with E-state index in [0.29, 0.717) is 17.2 Å². The number of rotatable bonds is 6. The lowest BCUT2D eigenvalue weighted by Crippen LogP contribution is -2.37. The Labute approximate surface area is 135 Å². The highest BCUT2D eigenvalue weighted by Gasteiger charge is 2.23. The van der Waals surface area contributed by atoms with Crippen molar-refractivity contribution in [2.24, 2.45) is 0 Å². The quantitative estimate of drug-likeness (QED) is 0.809. The Morgan fingerprint density at radius 3 is 2.77 bits per heavy atom. The van der Waals surface area contributed by atoms with E-state index in [-0.39, 0.29) is 11.2 Å². The smallest absolute Gasteiger partial charge is 0.277 e. The summed E-state index contributed by atoms with van der Waals surface area (Å²) >= 11 is 1.34. The number of carbonyl (C=O) groups excluding carboxylic acids is 1. The molecule has 0 radical (unpaired) electrons. The minimum Gasteiger partial charge on any atom is -0.415 e. The van der Waals surface area contributed by atoms with Gasteiger partial charge in [0.2, 0.25) is 11.8 Å². The normalized spacial score (nSPS) is 21.3. The molecular formula is C15H24N4O2S. The highest BCUT2D eigenvalue weighted by atomic mass is 32.2. The summed E-state index contributed by atoms with van der Waals surface area (Å²) in [6.07, 6.45) is 7.13. The van der Waals surface area contributed by atoms with Gasteiger partial charge >= 0.3 is 0 Å². The van der Waals surface area contributed by atoms with Crippen LogP contribution in [0.15, 0.2) is 9.64 Å². The van der Waals surface area contributed by atoms with Crippen molar-refractivity contribution in [1.82, 2.24) is 20.4 Å². The maximum absolute atomic E-state index is 12.2. The van der Waals surface area contributed by atoms with Crippen molar-refractivity contribution in [3.05, 3.63) is 5.89 Å². The Kier molecular flexibility index (Phi) is 5.36. The molecule has 1 aliphatic heterocycles. The van der Waals surface area contributed by atoms with Gasteiger partial charge < -0.3 is 9.73 Å². The monoisotopic (exact) mass is 324 g/mol. The molecule has 1 atom stereocenters. The standard InChI is InChI=1S/C15H24N4O2S/c1-11(14(20)16-12-6-2-3-7-12)22-15-18-17-13(21-15)10-19-8-4-5-9-19/h11-12H,2-10H2,1H3,(H,16,20)/t11-/m0/s1. The minimum atomic E-state index is -0.208. The van der Waals surface area contributed by atoms with E-state index in [1.54, 1.807) is 0 Å². The van der Waals surface area contributed by atoms with E-state index in [2.05, 4.69) is 20.4 Å². The fourth-order valence-corrected chi connectivity index (χ4v) is 3.78. The summed E-state index contributed by atoms with van der Waals surface area (Å²) in [5.41, 5.74) is 0. The Morgan fingerprint density at radius 2 is 2.05 bits per heavy atom. The molecule has 1 aromatic rings. The second-order valence-electron chi connectivity index (χ2n) is 6.20. The lowest BCUT2D eigenvalue weighted by atomic mass is 10.2. The number of thioether (sulfide) groups is 1. The summed E-state index contributed by atoms with van der Waals surface area (Å²) in [5, 5.41) is 11.5. The maximum atomic E-state index is 12.2. The van der Waals surface area contributed by atoms with Gasteiger partial charge in [-0.2, -0.15) is 0 Å². The molecule has 3 rings (SSSR count). The lowest BCUT2D eigenvalue weighted by Gasteiger charge is -2.15. The van der Waals surface area contributed by atoms with Gasteiger partial charge in [-0.25, -0.2) is 0 Å². The predicted octanol–water partition coefficient (Wildman–Crippen LogP) is 2.20. The third-order valence-electron chi connectivity index (χ3n) is 4.35. The van der Waals surface area contributed by atoms with Gasteiger partial charge in [0, 0.05) is 6.04 Å². The summed E-state index contributed by atoms with van der Waals surface area (Å²) < 4.78 is 5.66. The highest BCUT2D eigenvalue weighted by Crippen LogP contribution is 2.24. The molecule has 22 heavy (non-hydrogen) atoms. The van der Waals surface area contributed by atoms with Gasteiger partial charge in [-0.1, -0.05) is 24.6 Å². The molecule has 1 saturated heterocycles. The van der Waals surface area contributed by atoms with Crippen LogP contribution in [-0.2, 0) is 11.3 Å². The molecule has 0 bridgehead atoms. The van der Waals surface area contributed by atoms with Crippen molar-refractivity contribution in [3.8, 4) is 0 Å². The maximum Gasteiger partial charge on any atom is 0.277 e. The first-order valence-electron chi connectivity index (χ1n) is 8.22. The van der Waals surface area contributed by atoms with Crippen molar-refractivity contribution in [3.63, 3.8) is 0 Å². The van der Waals surface area contributed by atoms with Gasteiger partial charge in [-0.05, 0) is 45.7 Å². The Balaban J connectivity index is 1.47. The van der Waals surface area contributed by atoms with Crippen LogP contribution < -0.4 is 5.32 Å². The molecule has 1 amide bonds. The summed E-state index contributed by atoms with van der Waals surface area (Å²) in [6.45, 7) is 4.81. The zero-order valence-electron chi connectivity index (χ0n) is 13.1. The van der Waals surface area contributed by atoms with Gasteiger partial charge in [0.15, 0.2) is 0 Å². The first-order valence-corrected chi connectivity index (χ1v) is 9.10. The van der Waals surface area contributed by atoms with Gasteiger partial charge in [-0.15, -0.1) is 10.2 Å². The molecule has 2 heterocycles. The topological polar surface area (TPSA) is 71.3 Å². The number of nitrogens with one attached hydrogen (secondary N) is 1. The minimum absolute atomic E-state index is 0.0659. The molecule has 1 aliphatic carbocycles. The van der Waals surface area contributed by atoms with E-state index in [4.69, 9.17) is 4.42 Å². The summed E-state index contributed by atoms with van der Waals surface area (Å²) in [7, 11) is 0. The number of hydrogen-bond acceptors (Lipinski definition) is 6. The van der Waals surface area contributed by atoms with Crippen LogP contribution in [0.3, 0.4) is 0 Å². The third-order valence-corrected chi connectivity index (χ3v) is 5.29. The van der Waals surface area contributed by atoms with Crippen molar-refractivity contribution >= 4 is 17.7 Å². The Morgan fingerprint density at radius 1 is 1.32 bits per heavy atom. The van der Waals surface area contributed by atoms with Crippen molar-refractivity contribution in [2.75, 3.05) is 13.1 Å². The van der Waals surface area contributed by atoms with E-state index < -0.39 is 0 Å². The number of nitrogens with zero attached hydrogens (tertiary/aromatic N) is 3. The average molecular weight is 324 g/mol. The number of aromatic nitrogens is 2. The molecule has 0 unspecified atom stereocenters. The van der Waals surface area contributed by atoms with E-state index in [9.17, 15) is 4.79 Å². The first kappa shape index (κ1) is 15.8. The van der Waals surface area contributed by atoms with E-state index in [0.717, 1.165) is 32.5 Å². The molecule has 2 aliphatic rings. The van der Waals surface area contributed by atoms with Gasteiger partial charge in [0.1, 0.15) is 0 Å². The third kappa shape index (κ3) is 4.23. The number of carbonyl (C=O) groups is 1. The number of likely N-dealkylation sites (tertiary alicyclic amines) is 1. The molecular weight excluding hydrogens is 300 g/mol. The molecule has 1 saturated carbocycles. The summed E-state index contributed by atoms with van der Waals surface area (Å²) in [4.78, 5) is 14.5. The zero-order valence-corrected chi connectivity index (χ0v) is 13.9. The van der Waals surface area contributed by atoms with Crippen LogP contribution in [0, 0.1) is 0 Å². The average Bonchev–Trinajstić information content (AvgIpc) is 3.22. The fourth-order valence-electron chi connectivity index (χ4n) is 3.08. The largest absolute Gasteiger partial charge is 0.415 e. The predicted molar refractivity (Wildman–Crippen MR) is 84.5 cm³/mol. The molecule has 0 spiro atoms. The van der Waals surface area contributed by atoms with Gasteiger partial charge in [-0.3, -0.25) is 9.69 Å². The number of amides is 1. The molecule has 6 nitrogen and oxygen atoms in total. The molecule has 0 aromatic carbocycles. The van der Waals surface area contributed by atoms with Crippen molar-refractivity contribution in [1.29, 1.82) is 0 Å². The van der Waals surface area contributed by atoms with Crippen LogP contribution in [0.2, 0.25) is 0 Å². The molecule has 1 aromatic heterocycles. The lowest BCUT2D eigenvalue weighted by molar-refractivity contribution is -0.120. The molecule has 2 fully saturated rings. The molecule has 122 valence electrons. The fraction of sp³-hybridized carbons (Fsp3) is 0.800.